The van der Waals surface area contributed by atoms with Crippen LogP contribution in [0, 0.1) is 5.82 Å². The lowest BCUT2D eigenvalue weighted by atomic mass is 10.2. The van der Waals surface area contributed by atoms with E-state index in [0.717, 1.165) is 0 Å². The quantitative estimate of drug-likeness (QED) is 0.0894. The molecule has 0 saturated heterocycles. The lowest BCUT2D eigenvalue weighted by Crippen LogP contribution is -2.19. The van der Waals surface area contributed by atoms with Crippen LogP contribution in [0.2, 0.25) is 0 Å². The lowest BCUT2D eigenvalue weighted by molar-refractivity contribution is 0.305. The second-order valence-corrected chi connectivity index (χ2v) is 6.79. The van der Waals surface area contributed by atoms with Gasteiger partial charge in [-0.05, 0) is 56.6 Å². The molecule has 3 aromatic rings. The van der Waals surface area contributed by atoms with Crippen molar-refractivity contribution in [3.8, 4) is 0 Å². The highest BCUT2D eigenvalue weighted by atomic mass is 79.9. The van der Waals surface area contributed by atoms with Crippen molar-refractivity contribution in [2.75, 3.05) is 29.0 Å². The van der Waals surface area contributed by atoms with E-state index in [-0.39, 0.29) is 23.2 Å². The molecule has 0 aliphatic heterocycles. The van der Waals surface area contributed by atoms with Gasteiger partial charge < -0.3 is 32.1 Å². The second-order valence-electron chi connectivity index (χ2n) is 5.93. The third kappa shape index (κ3) is 5.57. The molecule has 31 heavy (non-hydrogen) atoms. The van der Waals surface area contributed by atoms with Gasteiger partial charge in [0.25, 0.3) is 0 Å². The summed E-state index contributed by atoms with van der Waals surface area (Å²) in [5.74, 6) is 0.186. The maximum atomic E-state index is 13.7. The average molecular weight is 494 g/mol. The molecule has 3 rings (SSSR count). The average Bonchev–Trinajstić information content (AvgIpc) is 3.25. The van der Waals surface area contributed by atoms with Crippen LogP contribution in [0.15, 0.2) is 55.9 Å². The van der Waals surface area contributed by atoms with E-state index in [0.29, 0.717) is 34.6 Å². The van der Waals surface area contributed by atoms with Crippen LogP contribution in [0.1, 0.15) is 11.3 Å². The molecule has 2 heterocycles. The maximum absolute atomic E-state index is 13.7. The van der Waals surface area contributed by atoms with Gasteiger partial charge in [-0.3, -0.25) is 0 Å². The lowest BCUT2D eigenvalue weighted by Gasteiger charge is -2.09. The number of benzene rings is 1. The topological polar surface area (TPSA) is 179 Å². The number of hydrogen-bond donors (Lipinski definition) is 6. The van der Waals surface area contributed by atoms with E-state index in [1.807, 2.05) is 0 Å². The van der Waals surface area contributed by atoms with E-state index < -0.39 is 5.82 Å². The van der Waals surface area contributed by atoms with Gasteiger partial charge >= 0.3 is 0 Å². The second kappa shape index (κ2) is 10.2. The summed E-state index contributed by atoms with van der Waals surface area (Å²) in [6.07, 6.45) is 1.46. The van der Waals surface area contributed by atoms with Gasteiger partial charge in [-0.1, -0.05) is 10.3 Å². The largest absolute Gasteiger partial charge is 0.409 e. The number of pyridine rings is 1. The van der Waals surface area contributed by atoms with Crippen molar-refractivity contribution in [1.82, 2.24) is 15.3 Å². The van der Waals surface area contributed by atoms with E-state index >= 15 is 0 Å². The smallest absolute Gasteiger partial charge is 0.203 e. The van der Waals surface area contributed by atoms with E-state index in [4.69, 9.17) is 15.6 Å². The number of anilines is 3. The van der Waals surface area contributed by atoms with Crippen molar-refractivity contribution in [3.63, 3.8) is 0 Å². The zero-order valence-corrected chi connectivity index (χ0v) is 17.3. The molecule has 0 aliphatic carbocycles. The fourth-order valence-corrected chi connectivity index (χ4v) is 2.63. The van der Waals surface area contributed by atoms with Crippen LogP contribution in [0.25, 0.3) is 0 Å². The van der Waals surface area contributed by atoms with Crippen LogP contribution in [0.5, 0.6) is 0 Å². The number of halogens is 2. The number of oxime groups is 2. The van der Waals surface area contributed by atoms with Crippen LogP contribution in [0.3, 0.4) is 0 Å². The van der Waals surface area contributed by atoms with Gasteiger partial charge in [-0.15, -0.1) is 0 Å². The van der Waals surface area contributed by atoms with E-state index in [2.05, 4.69) is 57.5 Å². The molecule has 0 amide bonds. The minimum Gasteiger partial charge on any atom is -0.409 e. The summed E-state index contributed by atoms with van der Waals surface area (Å²) in [5, 5.41) is 40.3. The Morgan fingerprint density at radius 2 is 1.94 bits per heavy atom. The van der Waals surface area contributed by atoms with Crippen molar-refractivity contribution < 1.29 is 19.4 Å². The molecule has 0 fully saturated rings. The molecule has 0 bridgehead atoms. The number of nitrogens with zero attached hydrogens (tertiary/aromatic N) is 5. The minimum atomic E-state index is -0.488. The van der Waals surface area contributed by atoms with Gasteiger partial charge in [0, 0.05) is 30.5 Å². The Morgan fingerprint density at radius 1 is 1.13 bits per heavy atom. The maximum Gasteiger partial charge on any atom is 0.203 e. The molecule has 1 aromatic carbocycles. The number of nitrogens with one attached hydrogen (secondary N) is 3. The van der Waals surface area contributed by atoms with E-state index in [1.54, 1.807) is 18.2 Å². The molecule has 0 radical (unpaired) electrons. The highest BCUT2D eigenvalue weighted by Crippen LogP contribution is 2.20. The Bertz CT molecular complexity index is 1090. The molecule has 0 spiro atoms. The van der Waals surface area contributed by atoms with Gasteiger partial charge in [0.15, 0.2) is 11.5 Å². The van der Waals surface area contributed by atoms with Crippen LogP contribution >= 0.6 is 15.9 Å². The van der Waals surface area contributed by atoms with Gasteiger partial charge in [0.1, 0.15) is 11.6 Å². The van der Waals surface area contributed by atoms with Crippen molar-refractivity contribution in [3.05, 3.63) is 58.1 Å². The van der Waals surface area contributed by atoms with Crippen LogP contribution in [-0.4, -0.2) is 50.5 Å². The zero-order chi connectivity index (χ0) is 22.2. The first-order valence-electron chi connectivity index (χ1n) is 8.70. The summed E-state index contributed by atoms with van der Waals surface area (Å²) in [6.45, 7) is 0.829. The van der Waals surface area contributed by atoms with Crippen LogP contribution in [-0.2, 0) is 0 Å². The Labute approximate surface area is 183 Å². The standard InChI is InChI=1S/C17H17BrFN9O3/c18-11-3-2-10(7-12(11)19)24-17(26-30)14-16(28-31-27-14)22-6-5-21-13-4-1-9(8-23-13)15(20)25-29/h1-4,7-8,29-30H,5-6H2,(H2,20,25)(H,21,23)(H,22,28)(H,24,26). The van der Waals surface area contributed by atoms with Crippen LogP contribution < -0.4 is 21.7 Å². The Hall–Kier alpha value is -3.94. The molecule has 0 saturated carbocycles. The molecule has 0 aliphatic rings. The van der Waals surface area contributed by atoms with Gasteiger partial charge in [-0.25, -0.2) is 14.0 Å². The van der Waals surface area contributed by atoms with Gasteiger partial charge in [-0.2, -0.15) is 0 Å². The molecule has 0 unspecified atom stereocenters. The summed E-state index contributed by atoms with van der Waals surface area (Å²) in [4.78, 5) is 4.15. The summed E-state index contributed by atoms with van der Waals surface area (Å²) in [6, 6.07) is 7.63. The molecule has 7 N–H and O–H groups in total. The van der Waals surface area contributed by atoms with E-state index in [9.17, 15) is 9.60 Å². The number of hydrogen-bond acceptors (Lipinski definition) is 10. The first kappa shape index (κ1) is 21.8. The van der Waals surface area contributed by atoms with Gasteiger partial charge in [0.2, 0.25) is 11.7 Å². The normalized spacial score (nSPS) is 11.9. The molecule has 0 atom stereocenters. The summed E-state index contributed by atoms with van der Waals surface area (Å²) >= 11 is 3.07. The first-order chi connectivity index (χ1) is 15.0. The Morgan fingerprint density at radius 3 is 2.61 bits per heavy atom. The predicted molar refractivity (Wildman–Crippen MR) is 114 cm³/mol. The van der Waals surface area contributed by atoms with Crippen molar-refractivity contribution in [1.29, 1.82) is 0 Å². The third-order valence-electron chi connectivity index (χ3n) is 3.89. The number of aromatic nitrogens is 3. The van der Waals surface area contributed by atoms with Crippen LogP contribution in [0.4, 0.5) is 21.7 Å². The molecule has 12 nitrogen and oxygen atoms in total. The summed E-state index contributed by atoms with van der Waals surface area (Å²) < 4.78 is 18.7. The zero-order valence-electron chi connectivity index (χ0n) is 15.8. The van der Waals surface area contributed by atoms with E-state index in [1.165, 1.54) is 18.3 Å². The highest BCUT2D eigenvalue weighted by Gasteiger charge is 2.18. The Kier molecular flexibility index (Phi) is 7.16. The van der Waals surface area contributed by atoms with Crippen molar-refractivity contribution >= 4 is 44.9 Å². The third-order valence-corrected chi connectivity index (χ3v) is 4.53. The molecular weight excluding hydrogens is 477 g/mol. The monoisotopic (exact) mass is 493 g/mol. The molecule has 2 aromatic heterocycles. The molecule has 162 valence electrons. The van der Waals surface area contributed by atoms with Gasteiger partial charge in [0.05, 0.1) is 4.47 Å². The highest BCUT2D eigenvalue weighted by molar-refractivity contribution is 9.10. The molecule has 14 heteroatoms. The fourth-order valence-electron chi connectivity index (χ4n) is 2.38. The predicted octanol–water partition coefficient (Wildman–Crippen LogP) is 2.23. The summed E-state index contributed by atoms with van der Waals surface area (Å²) in [5.41, 5.74) is 6.41. The number of rotatable bonds is 8. The van der Waals surface area contributed by atoms with Crippen molar-refractivity contribution in [2.24, 2.45) is 16.0 Å². The SMILES string of the molecule is N/C(=N\O)c1ccc(NCCNc2nonc2/C(=N/O)Nc2ccc(Br)c(F)c2)nc1. The fraction of sp³-hybridized carbons (Fsp3) is 0.118. The number of nitrogens with two attached hydrogens (primary N) is 1. The Balaban J connectivity index is 1.56. The summed E-state index contributed by atoms with van der Waals surface area (Å²) in [7, 11) is 0. The number of amidine groups is 2. The minimum absolute atomic E-state index is 0.0346. The first-order valence-corrected chi connectivity index (χ1v) is 9.50. The van der Waals surface area contributed by atoms with Crippen molar-refractivity contribution in [2.45, 2.75) is 0 Å². The molecular formula is C17H17BrFN9O3.